The Labute approximate surface area is 223 Å². The summed E-state index contributed by atoms with van der Waals surface area (Å²) in [6.45, 7) is 3.89. The van der Waals surface area contributed by atoms with E-state index in [9.17, 15) is 13.2 Å². The first-order valence-electron chi connectivity index (χ1n) is 11.3. The minimum absolute atomic E-state index is 0.160. The average Bonchev–Trinajstić information content (AvgIpc) is 2.87. The van der Waals surface area contributed by atoms with E-state index in [0.717, 1.165) is 4.47 Å². The predicted molar refractivity (Wildman–Crippen MR) is 146 cm³/mol. The monoisotopic (exact) mass is 589 g/mol. The summed E-state index contributed by atoms with van der Waals surface area (Å²) in [5.74, 6) is 0.918. The summed E-state index contributed by atoms with van der Waals surface area (Å²) in [6.07, 6.45) is 0.576. The molecule has 0 bridgehead atoms. The van der Waals surface area contributed by atoms with Gasteiger partial charge in [-0.05, 0) is 80.1 Å². The minimum atomic E-state index is -3.90. The number of hydrogen-bond acceptors (Lipinski definition) is 5. The Hall–Kier alpha value is -2.72. The lowest BCUT2D eigenvalue weighted by atomic mass is 10.2. The molecular weight excluding hydrogens is 566 g/mol. The van der Waals surface area contributed by atoms with Gasteiger partial charge in [0.25, 0.3) is 5.56 Å². The Morgan fingerprint density at radius 1 is 1.08 bits per heavy atom. The van der Waals surface area contributed by atoms with Crippen molar-refractivity contribution in [2.45, 2.75) is 31.2 Å². The maximum Gasteiger partial charge on any atom is 0.266 e. The molecule has 4 rings (SSSR count). The Morgan fingerprint density at radius 2 is 1.75 bits per heavy atom. The summed E-state index contributed by atoms with van der Waals surface area (Å²) >= 11 is 9.55. The van der Waals surface area contributed by atoms with Crippen LogP contribution in [0.3, 0.4) is 0 Å². The highest BCUT2D eigenvalue weighted by Crippen LogP contribution is 2.30. The smallest absolute Gasteiger partial charge is 0.266 e. The molecule has 1 aromatic heterocycles. The van der Waals surface area contributed by atoms with Gasteiger partial charge in [0.1, 0.15) is 11.6 Å². The van der Waals surface area contributed by atoms with Crippen LogP contribution in [0, 0.1) is 0 Å². The molecule has 188 valence electrons. The van der Waals surface area contributed by atoms with Crippen LogP contribution in [0.5, 0.6) is 5.75 Å². The largest absolute Gasteiger partial charge is 0.497 e. The van der Waals surface area contributed by atoms with E-state index in [1.54, 1.807) is 80.8 Å². The number of nitrogens with zero attached hydrogens (tertiary/aromatic N) is 3. The van der Waals surface area contributed by atoms with Crippen LogP contribution in [-0.4, -0.2) is 35.9 Å². The molecule has 1 unspecified atom stereocenters. The van der Waals surface area contributed by atoms with Crippen molar-refractivity contribution in [3.8, 4) is 11.4 Å². The molecule has 0 saturated heterocycles. The number of methoxy groups -OCH3 is 1. The molecule has 1 atom stereocenters. The molecular formula is C26H25BrClN3O4S. The number of fused-ring (bicyclic) bond motifs is 1. The van der Waals surface area contributed by atoms with Crippen molar-refractivity contribution in [2.24, 2.45) is 0 Å². The number of benzene rings is 3. The molecule has 0 N–H and O–H groups in total. The van der Waals surface area contributed by atoms with Crippen LogP contribution in [-0.2, 0) is 10.0 Å². The molecule has 0 fully saturated rings. The van der Waals surface area contributed by atoms with E-state index in [4.69, 9.17) is 21.3 Å². The first-order valence-corrected chi connectivity index (χ1v) is 13.9. The van der Waals surface area contributed by atoms with Crippen LogP contribution in [0.15, 0.2) is 80.9 Å². The van der Waals surface area contributed by atoms with E-state index in [2.05, 4.69) is 15.9 Å². The predicted octanol–water partition coefficient (Wildman–Crippen LogP) is 5.97. The Bertz CT molecular complexity index is 1560. The molecule has 36 heavy (non-hydrogen) atoms. The maximum absolute atomic E-state index is 13.7. The molecule has 0 spiro atoms. The van der Waals surface area contributed by atoms with E-state index in [1.165, 1.54) is 8.87 Å². The van der Waals surface area contributed by atoms with Crippen LogP contribution in [0.25, 0.3) is 16.6 Å². The molecule has 7 nitrogen and oxygen atoms in total. The number of sulfonamides is 1. The molecule has 4 aromatic rings. The third kappa shape index (κ3) is 5.06. The molecule has 0 aliphatic heterocycles. The normalized spacial score (nSPS) is 12.7. The van der Waals surface area contributed by atoms with E-state index in [1.807, 2.05) is 6.92 Å². The second-order valence-electron chi connectivity index (χ2n) is 8.22. The lowest BCUT2D eigenvalue weighted by molar-refractivity contribution is 0.327. The van der Waals surface area contributed by atoms with Gasteiger partial charge in [-0.2, -0.15) is 4.31 Å². The van der Waals surface area contributed by atoms with Crippen molar-refractivity contribution in [1.82, 2.24) is 13.9 Å². The van der Waals surface area contributed by atoms with E-state index in [0.29, 0.717) is 33.8 Å². The number of ether oxygens (including phenoxy) is 1. The van der Waals surface area contributed by atoms with Crippen molar-refractivity contribution in [2.75, 3.05) is 13.7 Å². The first-order chi connectivity index (χ1) is 17.2. The van der Waals surface area contributed by atoms with Crippen molar-refractivity contribution in [3.63, 3.8) is 0 Å². The van der Waals surface area contributed by atoms with Gasteiger partial charge in [0.05, 0.1) is 34.6 Å². The van der Waals surface area contributed by atoms with Gasteiger partial charge in [-0.1, -0.05) is 34.5 Å². The van der Waals surface area contributed by atoms with Crippen LogP contribution < -0.4 is 10.3 Å². The second kappa shape index (κ2) is 10.7. The summed E-state index contributed by atoms with van der Waals surface area (Å²) in [6, 6.07) is 17.6. The third-order valence-electron chi connectivity index (χ3n) is 5.86. The Morgan fingerprint density at radius 3 is 2.36 bits per heavy atom. The summed E-state index contributed by atoms with van der Waals surface area (Å²) < 4.78 is 36.4. The Kier molecular flexibility index (Phi) is 7.85. The topological polar surface area (TPSA) is 81.5 Å². The number of hydrogen-bond donors (Lipinski definition) is 0. The van der Waals surface area contributed by atoms with Gasteiger partial charge in [0, 0.05) is 16.0 Å². The lowest BCUT2D eigenvalue weighted by Crippen LogP contribution is -2.38. The third-order valence-corrected chi connectivity index (χ3v) is 8.61. The van der Waals surface area contributed by atoms with Gasteiger partial charge >= 0.3 is 0 Å². The average molecular weight is 591 g/mol. The molecule has 3 aromatic carbocycles. The zero-order valence-electron chi connectivity index (χ0n) is 20.0. The van der Waals surface area contributed by atoms with Crippen LogP contribution in [0.1, 0.15) is 32.1 Å². The summed E-state index contributed by atoms with van der Waals surface area (Å²) in [5, 5.41) is 0.812. The number of halogens is 2. The van der Waals surface area contributed by atoms with Gasteiger partial charge < -0.3 is 4.74 Å². The fraction of sp³-hybridized carbons (Fsp3) is 0.231. The van der Waals surface area contributed by atoms with Crippen molar-refractivity contribution >= 4 is 48.5 Å². The molecule has 0 aliphatic rings. The van der Waals surface area contributed by atoms with Gasteiger partial charge in [-0.15, -0.1) is 0 Å². The zero-order chi connectivity index (χ0) is 26.0. The summed E-state index contributed by atoms with van der Waals surface area (Å²) in [5.41, 5.74) is 0.627. The molecule has 0 amide bonds. The Balaban J connectivity index is 1.96. The van der Waals surface area contributed by atoms with Crippen LogP contribution in [0.2, 0.25) is 5.02 Å². The first kappa shape index (κ1) is 26.3. The highest BCUT2D eigenvalue weighted by atomic mass is 79.9. The van der Waals surface area contributed by atoms with Crippen LogP contribution >= 0.6 is 27.5 Å². The van der Waals surface area contributed by atoms with E-state index >= 15 is 0 Å². The van der Waals surface area contributed by atoms with Crippen molar-refractivity contribution in [3.05, 3.63) is 92.4 Å². The fourth-order valence-corrected chi connectivity index (χ4v) is 6.17. The quantitative estimate of drug-likeness (QED) is 0.252. The van der Waals surface area contributed by atoms with Gasteiger partial charge in [0.2, 0.25) is 10.0 Å². The fourth-order valence-electron chi connectivity index (χ4n) is 4.05. The van der Waals surface area contributed by atoms with Gasteiger partial charge in [0.15, 0.2) is 0 Å². The van der Waals surface area contributed by atoms with Gasteiger partial charge in [-0.25, -0.2) is 13.4 Å². The number of rotatable bonds is 8. The SMILES string of the molecule is CCCN(C(C)c1nc2cc(Cl)ccc2c(=O)n1-c1ccc(OC)cc1)S(=O)(=O)c1ccc(Br)cc1. The van der Waals surface area contributed by atoms with Crippen molar-refractivity contribution in [1.29, 1.82) is 0 Å². The van der Waals surface area contributed by atoms with E-state index in [-0.39, 0.29) is 22.8 Å². The lowest BCUT2D eigenvalue weighted by Gasteiger charge is -2.29. The standard InChI is InChI=1S/C26H25BrClN3O4S/c1-4-15-30(36(33,34)22-12-5-18(27)6-13-22)17(2)25-29-24-16-19(28)7-14-23(24)26(32)31(25)20-8-10-21(35-3)11-9-20/h5-14,16-17H,4,15H2,1-3H3. The highest BCUT2D eigenvalue weighted by Gasteiger charge is 2.32. The molecule has 10 heteroatoms. The molecule has 1 heterocycles. The second-order valence-corrected chi connectivity index (χ2v) is 11.5. The molecule has 0 radical (unpaired) electrons. The maximum atomic E-state index is 13.7. The van der Waals surface area contributed by atoms with Crippen molar-refractivity contribution < 1.29 is 13.2 Å². The summed E-state index contributed by atoms with van der Waals surface area (Å²) in [7, 11) is -2.34. The molecule has 0 aliphatic carbocycles. The zero-order valence-corrected chi connectivity index (χ0v) is 23.1. The minimum Gasteiger partial charge on any atom is -0.497 e. The van der Waals surface area contributed by atoms with E-state index < -0.39 is 16.1 Å². The summed E-state index contributed by atoms with van der Waals surface area (Å²) in [4.78, 5) is 18.7. The van der Waals surface area contributed by atoms with Gasteiger partial charge in [-0.3, -0.25) is 9.36 Å². The van der Waals surface area contributed by atoms with Crippen LogP contribution in [0.4, 0.5) is 0 Å². The number of aromatic nitrogens is 2. The highest BCUT2D eigenvalue weighted by molar-refractivity contribution is 9.10. The molecule has 0 saturated carbocycles.